The quantitative estimate of drug-likeness (QED) is 0.797. The molecule has 0 saturated heterocycles. The van der Waals surface area contributed by atoms with Gasteiger partial charge in [0.2, 0.25) is 5.88 Å². The number of ether oxygens (including phenoxy) is 1. The van der Waals surface area contributed by atoms with E-state index in [0.717, 1.165) is 12.0 Å². The van der Waals surface area contributed by atoms with Crippen molar-refractivity contribution in [2.24, 2.45) is 10.7 Å². The van der Waals surface area contributed by atoms with Crippen LogP contribution in [0.4, 0.5) is 5.69 Å². The second-order valence-corrected chi connectivity index (χ2v) is 9.20. The first kappa shape index (κ1) is 20.1. The van der Waals surface area contributed by atoms with E-state index < -0.39 is 5.54 Å². The van der Waals surface area contributed by atoms with E-state index in [-0.39, 0.29) is 16.3 Å². The molecule has 0 aliphatic carbocycles. The number of hydrogen-bond donors (Lipinski definition) is 2. The topological polar surface area (TPSA) is 102 Å². The van der Waals surface area contributed by atoms with Crippen molar-refractivity contribution in [2.75, 3.05) is 11.9 Å². The Morgan fingerprint density at radius 1 is 1.29 bits per heavy atom. The molecule has 3 N–H and O–H groups in total. The third-order valence-electron chi connectivity index (χ3n) is 4.40. The van der Waals surface area contributed by atoms with Crippen LogP contribution in [0.25, 0.3) is 0 Å². The van der Waals surface area contributed by atoms with Gasteiger partial charge in [0.25, 0.3) is 5.91 Å². The molecule has 1 atom stereocenters. The fourth-order valence-corrected chi connectivity index (χ4v) is 4.57. The number of nitrogens with one attached hydrogen (secondary N) is 1. The molecule has 1 aliphatic rings. The molecule has 0 radical (unpaired) electrons. The first-order valence-electron chi connectivity index (χ1n) is 9.12. The standard InChI is InChI=1S/C20H25N5O2S/c1-5-27-16-11-22-15(10-23-16)17(26)24-14-8-6-7-13(9-14)20(4)12-19(2,3)28-18(21)25-20/h6-11H,5,12H2,1-4H3,(H2,21,25)(H,24,26)/t20-/m0/s1. The van der Waals surface area contributed by atoms with Gasteiger partial charge in [-0.05, 0) is 38.0 Å². The van der Waals surface area contributed by atoms with Gasteiger partial charge in [-0.1, -0.05) is 37.7 Å². The van der Waals surface area contributed by atoms with Gasteiger partial charge in [0, 0.05) is 10.4 Å². The first-order chi connectivity index (χ1) is 13.2. The SMILES string of the molecule is CCOc1cnc(C(=O)Nc2cccc([C@]3(C)CC(C)(C)SC(N)=N3)c2)cn1. The van der Waals surface area contributed by atoms with E-state index in [1.807, 2.05) is 31.2 Å². The average molecular weight is 400 g/mol. The molecule has 0 spiro atoms. The number of benzene rings is 1. The van der Waals surface area contributed by atoms with Gasteiger partial charge >= 0.3 is 0 Å². The smallest absolute Gasteiger partial charge is 0.275 e. The Bertz CT molecular complexity index is 898. The van der Waals surface area contributed by atoms with E-state index in [1.165, 1.54) is 12.4 Å². The van der Waals surface area contributed by atoms with Crippen molar-refractivity contribution in [1.29, 1.82) is 0 Å². The van der Waals surface area contributed by atoms with Crippen molar-refractivity contribution in [3.8, 4) is 5.88 Å². The minimum absolute atomic E-state index is 0.0161. The van der Waals surface area contributed by atoms with Crippen LogP contribution in [-0.2, 0) is 5.54 Å². The van der Waals surface area contributed by atoms with Crippen LogP contribution in [0.2, 0.25) is 0 Å². The predicted molar refractivity (Wildman–Crippen MR) is 113 cm³/mol. The number of aliphatic imine (C=N–C) groups is 1. The zero-order valence-corrected chi connectivity index (χ0v) is 17.3. The summed E-state index contributed by atoms with van der Waals surface area (Å²) in [5.41, 5.74) is 7.51. The highest BCUT2D eigenvalue weighted by atomic mass is 32.2. The Morgan fingerprint density at radius 3 is 2.71 bits per heavy atom. The van der Waals surface area contributed by atoms with E-state index in [9.17, 15) is 4.79 Å². The predicted octanol–water partition coefficient (Wildman–Crippen LogP) is 3.57. The number of nitrogens with zero attached hydrogens (tertiary/aromatic N) is 3. The molecule has 0 unspecified atom stereocenters. The van der Waals surface area contributed by atoms with E-state index >= 15 is 0 Å². The number of thioether (sulfide) groups is 1. The van der Waals surface area contributed by atoms with Crippen molar-refractivity contribution >= 4 is 28.5 Å². The van der Waals surface area contributed by atoms with Gasteiger partial charge in [0.1, 0.15) is 5.69 Å². The summed E-state index contributed by atoms with van der Waals surface area (Å²) >= 11 is 1.59. The second-order valence-electron chi connectivity index (χ2n) is 7.47. The maximum Gasteiger partial charge on any atom is 0.275 e. The molecule has 3 rings (SSSR count). The van der Waals surface area contributed by atoms with Crippen LogP contribution >= 0.6 is 11.8 Å². The zero-order chi connectivity index (χ0) is 20.4. The van der Waals surface area contributed by atoms with Gasteiger partial charge in [0.05, 0.1) is 24.5 Å². The number of amides is 1. The molecular formula is C20H25N5O2S. The Labute approximate surface area is 169 Å². The van der Waals surface area contributed by atoms with Gasteiger partial charge in [-0.25, -0.2) is 9.97 Å². The monoisotopic (exact) mass is 399 g/mol. The lowest BCUT2D eigenvalue weighted by Crippen LogP contribution is -2.38. The fourth-order valence-electron chi connectivity index (χ4n) is 3.40. The largest absolute Gasteiger partial charge is 0.477 e. The third kappa shape index (κ3) is 4.62. The molecule has 0 saturated carbocycles. The summed E-state index contributed by atoms with van der Waals surface area (Å²) in [6.07, 6.45) is 3.68. The molecular weight excluding hydrogens is 374 g/mol. The van der Waals surface area contributed by atoms with Crippen LogP contribution < -0.4 is 15.8 Å². The van der Waals surface area contributed by atoms with Crippen LogP contribution in [0.1, 0.15) is 50.2 Å². The number of carbonyl (C=O) groups is 1. The Morgan fingerprint density at radius 2 is 2.07 bits per heavy atom. The molecule has 8 heteroatoms. The second kappa shape index (κ2) is 7.79. The molecule has 7 nitrogen and oxygen atoms in total. The number of carbonyl (C=O) groups excluding carboxylic acids is 1. The summed E-state index contributed by atoms with van der Waals surface area (Å²) in [6.45, 7) is 8.75. The van der Waals surface area contributed by atoms with Crippen molar-refractivity contribution in [3.05, 3.63) is 47.9 Å². The van der Waals surface area contributed by atoms with Crippen molar-refractivity contribution < 1.29 is 9.53 Å². The summed E-state index contributed by atoms with van der Waals surface area (Å²) in [4.78, 5) is 25.4. The summed E-state index contributed by atoms with van der Waals surface area (Å²) in [7, 11) is 0. The minimum atomic E-state index is -0.446. The number of amidine groups is 1. The summed E-state index contributed by atoms with van der Waals surface area (Å²) in [5, 5.41) is 3.45. The number of rotatable bonds is 5. The van der Waals surface area contributed by atoms with E-state index in [1.54, 1.807) is 11.8 Å². The van der Waals surface area contributed by atoms with Crippen LogP contribution in [0.5, 0.6) is 5.88 Å². The lowest BCUT2D eigenvalue weighted by molar-refractivity contribution is 0.102. The normalized spacial score (nSPS) is 20.9. The molecule has 0 fully saturated rings. The third-order valence-corrected chi connectivity index (χ3v) is 5.40. The number of nitrogens with two attached hydrogens (primary N) is 1. The van der Waals surface area contributed by atoms with Crippen molar-refractivity contribution in [1.82, 2.24) is 9.97 Å². The maximum absolute atomic E-state index is 12.5. The van der Waals surface area contributed by atoms with Gasteiger partial charge < -0.3 is 15.8 Å². The van der Waals surface area contributed by atoms with Gasteiger partial charge in [-0.15, -0.1) is 0 Å². The maximum atomic E-state index is 12.5. The highest BCUT2D eigenvalue weighted by molar-refractivity contribution is 8.15. The molecule has 2 aromatic rings. The Hall–Kier alpha value is -2.61. The summed E-state index contributed by atoms with van der Waals surface area (Å²) in [6, 6.07) is 7.68. The van der Waals surface area contributed by atoms with E-state index in [4.69, 9.17) is 15.5 Å². The average Bonchev–Trinajstić information content (AvgIpc) is 2.61. The Balaban J connectivity index is 1.80. The van der Waals surface area contributed by atoms with E-state index in [0.29, 0.717) is 23.3 Å². The molecule has 0 bridgehead atoms. The van der Waals surface area contributed by atoms with E-state index in [2.05, 4.69) is 36.1 Å². The van der Waals surface area contributed by atoms with Crippen LogP contribution in [0, 0.1) is 0 Å². The van der Waals surface area contributed by atoms with Crippen LogP contribution in [0.15, 0.2) is 41.7 Å². The molecule has 148 valence electrons. The molecule has 2 heterocycles. The highest BCUT2D eigenvalue weighted by Crippen LogP contribution is 2.45. The highest BCUT2D eigenvalue weighted by Gasteiger charge is 2.39. The van der Waals surface area contributed by atoms with Gasteiger partial charge in [-0.3, -0.25) is 9.79 Å². The van der Waals surface area contributed by atoms with Crippen LogP contribution in [0.3, 0.4) is 0 Å². The molecule has 28 heavy (non-hydrogen) atoms. The van der Waals surface area contributed by atoms with Gasteiger partial charge in [-0.2, -0.15) is 0 Å². The summed E-state index contributed by atoms with van der Waals surface area (Å²) in [5.74, 6) is 0.0580. The number of hydrogen-bond acceptors (Lipinski definition) is 7. The lowest BCUT2D eigenvalue weighted by Gasteiger charge is -2.39. The molecule has 1 amide bonds. The minimum Gasteiger partial charge on any atom is -0.477 e. The zero-order valence-electron chi connectivity index (χ0n) is 16.5. The molecule has 1 aliphatic heterocycles. The first-order valence-corrected chi connectivity index (χ1v) is 9.93. The van der Waals surface area contributed by atoms with Crippen molar-refractivity contribution in [3.63, 3.8) is 0 Å². The number of aromatic nitrogens is 2. The Kier molecular flexibility index (Phi) is 5.60. The summed E-state index contributed by atoms with van der Waals surface area (Å²) < 4.78 is 5.23. The fraction of sp³-hybridized carbons (Fsp3) is 0.400. The lowest BCUT2D eigenvalue weighted by atomic mass is 9.84. The number of anilines is 1. The van der Waals surface area contributed by atoms with Gasteiger partial charge in [0.15, 0.2) is 5.17 Å². The molecule has 1 aromatic carbocycles. The van der Waals surface area contributed by atoms with Crippen molar-refractivity contribution in [2.45, 2.75) is 44.4 Å². The molecule has 1 aromatic heterocycles. The van der Waals surface area contributed by atoms with Crippen LogP contribution in [-0.4, -0.2) is 32.4 Å².